The summed E-state index contributed by atoms with van der Waals surface area (Å²) in [6.45, 7) is 4.69. The first-order valence-corrected chi connectivity index (χ1v) is 11.4. The molecule has 1 N–H and O–H groups in total. The van der Waals surface area contributed by atoms with Crippen LogP contribution in [0.2, 0.25) is 0 Å². The molecule has 1 fully saturated rings. The second-order valence-corrected chi connectivity index (χ2v) is 8.64. The van der Waals surface area contributed by atoms with E-state index in [9.17, 15) is 14.7 Å². The second-order valence-electron chi connectivity index (χ2n) is 8.64. The van der Waals surface area contributed by atoms with Crippen molar-refractivity contribution in [2.75, 3.05) is 20.3 Å². The quantitative estimate of drug-likeness (QED) is 0.220. The Balaban J connectivity index is 1.80. The van der Waals surface area contributed by atoms with Gasteiger partial charge in [-0.05, 0) is 54.8 Å². The zero-order valence-electron chi connectivity index (χ0n) is 19.7. The van der Waals surface area contributed by atoms with Gasteiger partial charge < -0.3 is 19.5 Å². The van der Waals surface area contributed by atoms with E-state index in [-0.39, 0.29) is 17.4 Å². The van der Waals surface area contributed by atoms with Crippen LogP contribution in [0.4, 0.5) is 0 Å². The van der Waals surface area contributed by atoms with Crippen molar-refractivity contribution in [1.29, 1.82) is 0 Å². The lowest BCUT2D eigenvalue weighted by molar-refractivity contribution is -0.140. The van der Waals surface area contributed by atoms with E-state index in [0.29, 0.717) is 30.9 Å². The Labute approximate surface area is 199 Å². The predicted octanol–water partition coefficient (Wildman–Crippen LogP) is 5.09. The lowest BCUT2D eigenvalue weighted by atomic mass is 9.94. The Morgan fingerprint density at radius 1 is 1.00 bits per heavy atom. The highest BCUT2D eigenvalue weighted by Gasteiger charge is 2.45. The first-order chi connectivity index (χ1) is 16.4. The number of benzene rings is 3. The van der Waals surface area contributed by atoms with E-state index >= 15 is 0 Å². The number of aliphatic hydroxyl groups excluding tert-OH is 1. The average molecular weight is 460 g/mol. The molecule has 3 aromatic carbocycles. The minimum atomic E-state index is -0.698. The van der Waals surface area contributed by atoms with Crippen LogP contribution in [0.3, 0.4) is 0 Å². The molecule has 0 spiro atoms. The number of carbonyl (C=O) groups is 2. The fraction of sp³-hybridized carbons (Fsp3) is 0.286. The molecule has 0 saturated carbocycles. The summed E-state index contributed by atoms with van der Waals surface area (Å²) in [6.07, 6.45) is 0.600. The van der Waals surface area contributed by atoms with E-state index in [4.69, 9.17) is 9.47 Å². The van der Waals surface area contributed by atoms with E-state index < -0.39 is 17.7 Å². The monoisotopic (exact) mass is 459 g/mol. The van der Waals surface area contributed by atoms with Crippen molar-refractivity contribution < 1.29 is 24.2 Å². The van der Waals surface area contributed by atoms with E-state index in [1.807, 2.05) is 74.5 Å². The number of aliphatic hydroxyl groups is 1. The van der Waals surface area contributed by atoms with Crippen molar-refractivity contribution in [2.45, 2.75) is 32.4 Å². The first-order valence-electron chi connectivity index (χ1n) is 11.4. The largest absolute Gasteiger partial charge is 0.507 e. The summed E-state index contributed by atoms with van der Waals surface area (Å²) in [7, 11) is 1.60. The van der Waals surface area contributed by atoms with Gasteiger partial charge in [0.15, 0.2) is 0 Å². The summed E-state index contributed by atoms with van der Waals surface area (Å²) in [5.74, 6) is -0.781. The van der Waals surface area contributed by atoms with Gasteiger partial charge in [0, 0.05) is 25.8 Å². The topological polar surface area (TPSA) is 76.1 Å². The number of ether oxygens (including phenoxy) is 2. The Morgan fingerprint density at radius 3 is 2.38 bits per heavy atom. The van der Waals surface area contributed by atoms with Gasteiger partial charge in [-0.1, -0.05) is 48.5 Å². The van der Waals surface area contributed by atoms with Crippen LogP contribution in [0.25, 0.3) is 16.5 Å². The molecule has 0 radical (unpaired) electrons. The molecule has 6 nitrogen and oxygen atoms in total. The Bertz CT molecular complexity index is 1230. The predicted molar refractivity (Wildman–Crippen MR) is 132 cm³/mol. The minimum absolute atomic E-state index is 0.0263. The van der Waals surface area contributed by atoms with Gasteiger partial charge in [-0.2, -0.15) is 0 Å². The minimum Gasteiger partial charge on any atom is -0.507 e. The summed E-state index contributed by atoms with van der Waals surface area (Å²) in [4.78, 5) is 27.7. The molecule has 6 heteroatoms. The van der Waals surface area contributed by atoms with Crippen LogP contribution in [0.15, 0.2) is 72.3 Å². The number of rotatable bonds is 8. The number of likely N-dealkylation sites (tertiary alicyclic amines) is 1. The number of fused-ring (bicyclic) bond motifs is 1. The molecule has 34 heavy (non-hydrogen) atoms. The van der Waals surface area contributed by atoms with Crippen molar-refractivity contribution in [3.63, 3.8) is 0 Å². The molecule has 1 atom stereocenters. The number of carbonyl (C=O) groups excluding carboxylic acids is 2. The molecule has 1 heterocycles. The SMILES string of the molecule is COCCCN1C(=O)C(=O)/C(=C(\O)c2ccc3ccccc3c2)C1c1ccc(OC(C)C)cc1. The van der Waals surface area contributed by atoms with Gasteiger partial charge in [-0.3, -0.25) is 9.59 Å². The molecule has 1 amide bonds. The molecule has 1 unspecified atom stereocenters. The maximum atomic E-state index is 13.2. The maximum absolute atomic E-state index is 13.2. The highest BCUT2D eigenvalue weighted by Crippen LogP contribution is 2.40. The fourth-order valence-electron chi connectivity index (χ4n) is 4.33. The number of Topliss-reactive ketones (excluding diaryl/α,β-unsaturated/α-hetero) is 1. The van der Waals surface area contributed by atoms with Gasteiger partial charge in [0.1, 0.15) is 11.5 Å². The van der Waals surface area contributed by atoms with Crippen LogP contribution in [0.5, 0.6) is 5.75 Å². The van der Waals surface area contributed by atoms with Crippen LogP contribution in [-0.2, 0) is 14.3 Å². The summed E-state index contributed by atoms with van der Waals surface area (Å²) < 4.78 is 10.9. The summed E-state index contributed by atoms with van der Waals surface area (Å²) in [6, 6.07) is 19.9. The number of amides is 1. The van der Waals surface area contributed by atoms with Crippen LogP contribution < -0.4 is 4.74 Å². The third-order valence-electron chi connectivity index (χ3n) is 5.88. The van der Waals surface area contributed by atoms with Gasteiger partial charge in [0.2, 0.25) is 0 Å². The molecular weight excluding hydrogens is 430 g/mol. The Kier molecular flexibility index (Phi) is 6.98. The lowest BCUT2D eigenvalue weighted by Gasteiger charge is -2.25. The van der Waals surface area contributed by atoms with Crippen molar-refractivity contribution in [1.82, 2.24) is 4.90 Å². The maximum Gasteiger partial charge on any atom is 0.295 e. The van der Waals surface area contributed by atoms with Gasteiger partial charge in [0.05, 0.1) is 17.7 Å². The summed E-state index contributed by atoms with van der Waals surface area (Å²) >= 11 is 0. The molecule has 1 saturated heterocycles. The third kappa shape index (κ3) is 4.68. The van der Waals surface area contributed by atoms with Gasteiger partial charge >= 0.3 is 0 Å². The summed E-state index contributed by atoms with van der Waals surface area (Å²) in [5.41, 5.74) is 1.32. The average Bonchev–Trinajstić information content (AvgIpc) is 3.08. The smallest absolute Gasteiger partial charge is 0.295 e. The van der Waals surface area contributed by atoms with Crippen LogP contribution in [0.1, 0.15) is 37.4 Å². The lowest BCUT2D eigenvalue weighted by Crippen LogP contribution is -2.31. The van der Waals surface area contributed by atoms with Crippen molar-refractivity contribution in [2.24, 2.45) is 0 Å². The molecule has 1 aliphatic heterocycles. The number of methoxy groups -OCH3 is 1. The molecule has 3 aromatic rings. The van der Waals surface area contributed by atoms with E-state index in [1.54, 1.807) is 13.2 Å². The molecular formula is C28H29NO5. The normalized spacial score (nSPS) is 17.6. The third-order valence-corrected chi connectivity index (χ3v) is 5.88. The van der Waals surface area contributed by atoms with Gasteiger partial charge in [0.25, 0.3) is 11.7 Å². The van der Waals surface area contributed by atoms with Crippen molar-refractivity contribution >= 4 is 28.2 Å². The van der Waals surface area contributed by atoms with Crippen LogP contribution in [-0.4, -0.2) is 48.1 Å². The molecule has 0 aromatic heterocycles. The highest BCUT2D eigenvalue weighted by atomic mass is 16.5. The first kappa shape index (κ1) is 23.5. The highest BCUT2D eigenvalue weighted by molar-refractivity contribution is 6.46. The van der Waals surface area contributed by atoms with Gasteiger partial charge in [-0.25, -0.2) is 0 Å². The molecule has 0 aliphatic carbocycles. The van der Waals surface area contributed by atoms with E-state index in [1.165, 1.54) is 4.90 Å². The van der Waals surface area contributed by atoms with E-state index in [0.717, 1.165) is 16.3 Å². The Morgan fingerprint density at radius 2 is 1.71 bits per heavy atom. The number of hydrogen-bond donors (Lipinski definition) is 1. The van der Waals surface area contributed by atoms with E-state index in [2.05, 4.69) is 0 Å². The molecule has 1 aliphatic rings. The second kappa shape index (κ2) is 10.1. The fourth-order valence-corrected chi connectivity index (χ4v) is 4.33. The van der Waals surface area contributed by atoms with Crippen molar-refractivity contribution in [3.05, 3.63) is 83.4 Å². The van der Waals surface area contributed by atoms with Crippen LogP contribution in [0, 0.1) is 0 Å². The molecule has 4 rings (SSSR count). The molecule has 176 valence electrons. The number of nitrogens with zero attached hydrogens (tertiary/aromatic N) is 1. The summed E-state index contributed by atoms with van der Waals surface area (Å²) in [5, 5.41) is 13.3. The zero-order chi connectivity index (χ0) is 24.2. The molecule has 0 bridgehead atoms. The van der Waals surface area contributed by atoms with Crippen LogP contribution >= 0.6 is 0 Å². The van der Waals surface area contributed by atoms with Crippen molar-refractivity contribution in [3.8, 4) is 5.75 Å². The standard InChI is InChI=1S/C28H29NO5/c1-18(2)34-23-13-11-20(12-14-23)25-24(27(31)28(32)29(25)15-6-16-33-3)26(30)22-10-9-19-7-4-5-8-21(19)17-22/h4-5,7-14,17-18,25,30H,6,15-16H2,1-3H3/b26-24-. The zero-order valence-corrected chi connectivity index (χ0v) is 19.7. The number of hydrogen-bond acceptors (Lipinski definition) is 5. The van der Waals surface area contributed by atoms with Gasteiger partial charge in [-0.15, -0.1) is 0 Å². The number of ketones is 1. The Hall–Kier alpha value is -3.64.